The van der Waals surface area contributed by atoms with Crippen LogP contribution in [0.5, 0.6) is 0 Å². The molecule has 2 heterocycles. The van der Waals surface area contributed by atoms with Crippen LogP contribution in [0.1, 0.15) is 9.67 Å². The summed E-state index contributed by atoms with van der Waals surface area (Å²) in [5.74, 6) is -0.477. The van der Waals surface area contributed by atoms with Crippen LogP contribution in [0, 0.1) is 0 Å². The van der Waals surface area contributed by atoms with Crippen LogP contribution in [0.25, 0.3) is 0 Å². The van der Waals surface area contributed by atoms with E-state index in [4.69, 9.17) is 0 Å². The van der Waals surface area contributed by atoms with Gasteiger partial charge in [-0.1, -0.05) is 0 Å². The summed E-state index contributed by atoms with van der Waals surface area (Å²) < 4.78 is 40.2. The minimum Gasteiger partial charge on any atom is -0.349 e. The number of carbonyl (C=O) groups excluding carboxylic acids is 1. The topological polar surface area (TPSA) is 44.4 Å². The number of amides is 1. The lowest BCUT2D eigenvalue weighted by molar-refractivity contribution is -0.183. The number of thiophene rings is 1. The van der Waals surface area contributed by atoms with Gasteiger partial charge in [0, 0.05) is 32.7 Å². The second-order valence-corrected chi connectivity index (χ2v) is 7.12. The van der Waals surface area contributed by atoms with E-state index in [1.165, 1.54) is 16.2 Å². The molecule has 1 aromatic heterocycles. The summed E-state index contributed by atoms with van der Waals surface area (Å²) in [5, 5.41) is 5.40. The van der Waals surface area contributed by atoms with Gasteiger partial charge in [0.15, 0.2) is 0 Å². The Balaban J connectivity index is 0.00000242. The standard InChI is InChI=1S/C12H15BrF3N3OS.ClH/c13-10-2-1-8(21-10)11(20)18-7-9(12(14,15)16)19-5-3-17-4-6-19;/h1-2,9,17H,3-7H2,(H,18,20);1H. The predicted molar refractivity (Wildman–Crippen MR) is 85.9 cm³/mol. The Labute approximate surface area is 145 Å². The van der Waals surface area contributed by atoms with Crippen molar-refractivity contribution in [3.05, 3.63) is 20.8 Å². The van der Waals surface area contributed by atoms with Crippen molar-refractivity contribution < 1.29 is 18.0 Å². The number of halogens is 5. The summed E-state index contributed by atoms with van der Waals surface area (Å²) in [6.07, 6.45) is -4.36. The van der Waals surface area contributed by atoms with Crippen molar-refractivity contribution in [2.45, 2.75) is 12.2 Å². The highest BCUT2D eigenvalue weighted by Gasteiger charge is 2.43. The lowest BCUT2D eigenvalue weighted by Crippen LogP contribution is -2.57. The fourth-order valence-corrected chi connectivity index (χ4v) is 3.46. The Morgan fingerprint density at radius 2 is 2.05 bits per heavy atom. The molecule has 0 radical (unpaired) electrons. The predicted octanol–water partition coefficient (Wildman–Crippen LogP) is 2.50. The van der Waals surface area contributed by atoms with Crippen molar-refractivity contribution in [2.24, 2.45) is 0 Å². The second kappa shape index (κ2) is 8.49. The molecule has 1 aromatic rings. The maximum Gasteiger partial charge on any atom is 0.405 e. The first-order valence-electron chi connectivity index (χ1n) is 6.43. The average molecular weight is 423 g/mol. The van der Waals surface area contributed by atoms with Crippen molar-refractivity contribution in [2.75, 3.05) is 32.7 Å². The van der Waals surface area contributed by atoms with Crippen LogP contribution in [0.15, 0.2) is 15.9 Å². The van der Waals surface area contributed by atoms with Crippen LogP contribution < -0.4 is 10.6 Å². The maximum absolute atomic E-state index is 13.1. The van der Waals surface area contributed by atoms with Gasteiger partial charge in [-0.2, -0.15) is 13.2 Å². The first-order chi connectivity index (χ1) is 9.88. The maximum atomic E-state index is 13.1. The number of nitrogens with one attached hydrogen (secondary N) is 2. The summed E-state index contributed by atoms with van der Waals surface area (Å²) in [7, 11) is 0. The monoisotopic (exact) mass is 421 g/mol. The van der Waals surface area contributed by atoms with Crippen molar-refractivity contribution >= 4 is 45.6 Å². The molecule has 1 aliphatic rings. The summed E-state index contributed by atoms with van der Waals surface area (Å²) in [6, 6.07) is 1.63. The molecule has 2 rings (SSSR count). The van der Waals surface area contributed by atoms with Gasteiger partial charge in [-0.3, -0.25) is 9.69 Å². The molecule has 0 aliphatic carbocycles. The number of alkyl halides is 3. The highest BCUT2D eigenvalue weighted by molar-refractivity contribution is 9.11. The molecule has 22 heavy (non-hydrogen) atoms. The number of carbonyl (C=O) groups is 1. The van der Waals surface area contributed by atoms with Crippen LogP contribution in [0.3, 0.4) is 0 Å². The molecule has 126 valence electrons. The normalized spacial score (nSPS) is 17.6. The zero-order chi connectivity index (χ0) is 15.5. The number of nitrogens with zero attached hydrogens (tertiary/aromatic N) is 1. The first-order valence-corrected chi connectivity index (χ1v) is 8.04. The van der Waals surface area contributed by atoms with Gasteiger partial charge in [-0.15, -0.1) is 23.7 Å². The molecule has 1 atom stereocenters. The second-order valence-electron chi connectivity index (χ2n) is 4.66. The van der Waals surface area contributed by atoms with E-state index in [9.17, 15) is 18.0 Å². The average Bonchev–Trinajstić information content (AvgIpc) is 2.85. The fraction of sp³-hybridized carbons (Fsp3) is 0.583. The first kappa shape index (κ1) is 19.7. The van der Waals surface area contributed by atoms with Crippen LogP contribution in [-0.4, -0.2) is 55.7 Å². The molecule has 2 N–H and O–H groups in total. The van der Waals surface area contributed by atoms with Gasteiger partial charge in [0.1, 0.15) is 6.04 Å². The number of rotatable bonds is 4. The SMILES string of the molecule is Cl.O=C(NCC(N1CCNCC1)C(F)(F)F)c1ccc(Br)s1. The van der Waals surface area contributed by atoms with Crippen molar-refractivity contribution in [1.29, 1.82) is 0 Å². The minimum absolute atomic E-state index is 0. The molecular weight excluding hydrogens is 407 g/mol. The third-order valence-electron chi connectivity index (χ3n) is 3.22. The number of hydrogen-bond acceptors (Lipinski definition) is 4. The van der Waals surface area contributed by atoms with Gasteiger partial charge >= 0.3 is 6.18 Å². The molecule has 1 unspecified atom stereocenters. The van der Waals surface area contributed by atoms with Crippen molar-refractivity contribution in [1.82, 2.24) is 15.5 Å². The Kier molecular flexibility index (Phi) is 7.60. The van der Waals surface area contributed by atoms with E-state index in [-0.39, 0.29) is 12.4 Å². The van der Waals surface area contributed by atoms with Crippen LogP contribution in [-0.2, 0) is 0 Å². The van der Waals surface area contributed by atoms with E-state index < -0.39 is 24.7 Å². The third-order valence-corrected chi connectivity index (χ3v) is 4.85. The number of piperazine rings is 1. The quantitative estimate of drug-likeness (QED) is 0.784. The van der Waals surface area contributed by atoms with Crippen LogP contribution in [0.2, 0.25) is 0 Å². The lowest BCUT2D eigenvalue weighted by atomic mass is 10.2. The molecular formula is C12H16BrClF3N3OS. The van der Waals surface area contributed by atoms with Gasteiger partial charge in [-0.25, -0.2) is 0 Å². The third kappa shape index (κ3) is 5.38. The van der Waals surface area contributed by atoms with E-state index in [0.29, 0.717) is 31.1 Å². The molecule has 1 fully saturated rings. The smallest absolute Gasteiger partial charge is 0.349 e. The van der Waals surface area contributed by atoms with Gasteiger partial charge in [0.25, 0.3) is 5.91 Å². The largest absolute Gasteiger partial charge is 0.405 e. The molecule has 10 heteroatoms. The van der Waals surface area contributed by atoms with E-state index in [1.54, 1.807) is 12.1 Å². The minimum atomic E-state index is -4.36. The van der Waals surface area contributed by atoms with Gasteiger partial charge in [-0.05, 0) is 28.1 Å². The molecule has 0 spiro atoms. The van der Waals surface area contributed by atoms with Crippen LogP contribution >= 0.6 is 39.7 Å². The van der Waals surface area contributed by atoms with Crippen molar-refractivity contribution in [3.8, 4) is 0 Å². The van der Waals surface area contributed by atoms with E-state index >= 15 is 0 Å². The van der Waals surface area contributed by atoms with E-state index in [0.717, 1.165) is 3.79 Å². The molecule has 1 aliphatic heterocycles. The summed E-state index contributed by atoms with van der Waals surface area (Å²) >= 11 is 4.41. The molecule has 0 saturated carbocycles. The van der Waals surface area contributed by atoms with E-state index in [1.807, 2.05) is 0 Å². The zero-order valence-corrected chi connectivity index (χ0v) is 14.7. The highest BCUT2D eigenvalue weighted by Crippen LogP contribution is 2.25. The van der Waals surface area contributed by atoms with Gasteiger partial charge in [0.2, 0.25) is 0 Å². The van der Waals surface area contributed by atoms with Crippen LogP contribution in [0.4, 0.5) is 13.2 Å². The number of hydrogen-bond donors (Lipinski definition) is 2. The Bertz CT molecular complexity index is 494. The molecule has 4 nitrogen and oxygen atoms in total. The van der Waals surface area contributed by atoms with Crippen molar-refractivity contribution in [3.63, 3.8) is 0 Å². The highest BCUT2D eigenvalue weighted by atomic mass is 79.9. The van der Waals surface area contributed by atoms with Gasteiger partial charge < -0.3 is 10.6 Å². The Morgan fingerprint density at radius 1 is 1.41 bits per heavy atom. The zero-order valence-electron chi connectivity index (χ0n) is 11.5. The molecule has 0 aromatic carbocycles. The van der Waals surface area contributed by atoms with E-state index in [2.05, 4.69) is 26.6 Å². The Morgan fingerprint density at radius 3 is 2.55 bits per heavy atom. The Hall–Kier alpha value is -0.350. The fourth-order valence-electron chi connectivity index (χ4n) is 2.16. The lowest BCUT2D eigenvalue weighted by Gasteiger charge is -2.35. The molecule has 1 saturated heterocycles. The summed E-state index contributed by atoms with van der Waals surface area (Å²) in [4.78, 5) is 13.6. The molecule has 1 amide bonds. The summed E-state index contributed by atoms with van der Waals surface area (Å²) in [6.45, 7) is 1.27. The molecule has 0 bridgehead atoms. The van der Waals surface area contributed by atoms with Gasteiger partial charge in [0.05, 0.1) is 8.66 Å². The summed E-state index contributed by atoms with van der Waals surface area (Å²) in [5.41, 5.74) is 0.